The Morgan fingerprint density at radius 3 is 2.07 bits per heavy atom. The van der Waals surface area contributed by atoms with E-state index in [0.29, 0.717) is 0 Å². The lowest BCUT2D eigenvalue weighted by molar-refractivity contribution is 0.250. The van der Waals surface area contributed by atoms with Crippen LogP contribution in [0.2, 0.25) is 0 Å². The van der Waals surface area contributed by atoms with E-state index in [0.717, 1.165) is 0 Å². The summed E-state index contributed by atoms with van der Waals surface area (Å²) < 4.78 is 0. The average molecular weight is 193 g/mol. The summed E-state index contributed by atoms with van der Waals surface area (Å²) in [6.45, 7) is 6.42. The number of rotatable bonds is 3. The van der Waals surface area contributed by atoms with Crippen LogP contribution in [0.1, 0.15) is 28.3 Å². The van der Waals surface area contributed by atoms with Crippen LogP contribution in [-0.2, 0) is 0 Å². The van der Waals surface area contributed by atoms with Crippen LogP contribution in [0.3, 0.4) is 0 Å². The standard InChI is InChI=1S/C12H19NO/c1-8-5-9(2)12(10(3)6-8)11(7-14)13-4/h5-6,11,13-14H,7H2,1-4H3/t11-/m1/s1. The molecule has 2 N–H and O–H groups in total. The van der Waals surface area contributed by atoms with E-state index in [1.807, 2.05) is 7.05 Å². The molecule has 1 aromatic carbocycles. The van der Waals surface area contributed by atoms with Gasteiger partial charge < -0.3 is 10.4 Å². The van der Waals surface area contributed by atoms with Crippen molar-refractivity contribution in [3.63, 3.8) is 0 Å². The van der Waals surface area contributed by atoms with E-state index in [9.17, 15) is 5.11 Å². The molecule has 0 aromatic heterocycles. The van der Waals surface area contributed by atoms with Crippen LogP contribution >= 0.6 is 0 Å². The third-order valence-electron chi connectivity index (χ3n) is 2.62. The highest BCUT2D eigenvalue weighted by Gasteiger charge is 2.13. The molecule has 0 fully saturated rings. The third kappa shape index (κ3) is 2.14. The van der Waals surface area contributed by atoms with E-state index >= 15 is 0 Å². The minimum Gasteiger partial charge on any atom is -0.394 e. The van der Waals surface area contributed by atoms with Crippen molar-refractivity contribution >= 4 is 0 Å². The highest BCUT2D eigenvalue weighted by Crippen LogP contribution is 2.22. The molecule has 0 radical (unpaired) electrons. The van der Waals surface area contributed by atoms with Gasteiger partial charge in [0.05, 0.1) is 12.6 Å². The minimum atomic E-state index is 0.0515. The fraction of sp³-hybridized carbons (Fsp3) is 0.500. The Morgan fingerprint density at radius 1 is 1.21 bits per heavy atom. The van der Waals surface area contributed by atoms with Crippen molar-refractivity contribution in [3.05, 3.63) is 34.4 Å². The first kappa shape index (κ1) is 11.2. The van der Waals surface area contributed by atoms with Gasteiger partial charge in [-0.05, 0) is 44.5 Å². The summed E-state index contributed by atoms with van der Waals surface area (Å²) in [5.41, 5.74) is 4.99. The fourth-order valence-corrected chi connectivity index (χ4v) is 2.07. The van der Waals surface area contributed by atoms with E-state index in [4.69, 9.17) is 0 Å². The Balaban J connectivity index is 3.19. The van der Waals surface area contributed by atoms with Crippen LogP contribution in [0, 0.1) is 20.8 Å². The monoisotopic (exact) mass is 193 g/mol. The van der Waals surface area contributed by atoms with Crippen LogP contribution in [0.15, 0.2) is 12.1 Å². The molecule has 78 valence electrons. The van der Waals surface area contributed by atoms with Gasteiger partial charge in [0.25, 0.3) is 0 Å². The van der Waals surface area contributed by atoms with Gasteiger partial charge in [-0.2, -0.15) is 0 Å². The van der Waals surface area contributed by atoms with Gasteiger partial charge in [0, 0.05) is 0 Å². The average Bonchev–Trinajstić information content (AvgIpc) is 2.10. The number of likely N-dealkylation sites (N-methyl/N-ethyl adjacent to an activating group) is 1. The molecule has 0 amide bonds. The normalized spacial score (nSPS) is 12.9. The van der Waals surface area contributed by atoms with Gasteiger partial charge in [0.15, 0.2) is 0 Å². The maximum atomic E-state index is 9.24. The van der Waals surface area contributed by atoms with Crippen LogP contribution < -0.4 is 5.32 Å². The summed E-state index contributed by atoms with van der Waals surface area (Å²) in [6.07, 6.45) is 0. The molecule has 0 saturated heterocycles. The Bertz CT molecular complexity index is 293. The molecule has 0 spiro atoms. The first-order valence-corrected chi connectivity index (χ1v) is 4.96. The number of hydrogen-bond donors (Lipinski definition) is 2. The van der Waals surface area contributed by atoms with Crippen LogP contribution in [0.25, 0.3) is 0 Å². The van der Waals surface area contributed by atoms with Crippen molar-refractivity contribution in [2.75, 3.05) is 13.7 Å². The molecule has 0 aliphatic carbocycles. The lowest BCUT2D eigenvalue weighted by Crippen LogP contribution is -2.22. The predicted molar refractivity (Wildman–Crippen MR) is 59.5 cm³/mol. The maximum absolute atomic E-state index is 9.24. The molecular formula is C12H19NO. The quantitative estimate of drug-likeness (QED) is 0.768. The Morgan fingerprint density at radius 2 is 1.71 bits per heavy atom. The van der Waals surface area contributed by atoms with Gasteiger partial charge in [-0.3, -0.25) is 0 Å². The SMILES string of the molecule is CN[C@H](CO)c1c(C)cc(C)cc1C. The molecule has 0 bridgehead atoms. The third-order valence-corrected chi connectivity index (χ3v) is 2.62. The van der Waals surface area contributed by atoms with Crippen molar-refractivity contribution in [2.45, 2.75) is 26.8 Å². The van der Waals surface area contributed by atoms with Gasteiger partial charge in [0.2, 0.25) is 0 Å². The van der Waals surface area contributed by atoms with Crippen molar-refractivity contribution in [3.8, 4) is 0 Å². The van der Waals surface area contributed by atoms with Crippen LogP contribution in [-0.4, -0.2) is 18.8 Å². The second-order valence-corrected chi connectivity index (χ2v) is 3.84. The smallest absolute Gasteiger partial charge is 0.0626 e. The van der Waals surface area contributed by atoms with Gasteiger partial charge in [-0.1, -0.05) is 17.7 Å². The number of benzene rings is 1. The van der Waals surface area contributed by atoms with Gasteiger partial charge in [-0.25, -0.2) is 0 Å². The summed E-state index contributed by atoms with van der Waals surface area (Å²) in [5, 5.41) is 12.4. The van der Waals surface area contributed by atoms with Gasteiger partial charge in [0.1, 0.15) is 0 Å². The van der Waals surface area contributed by atoms with Crippen molar-refractivity contribution in [1.29, 1.82) is 0 Å². The topological polar surface area (TPSA) is 32.3 Å². The molecule has 1 atom stereocenters. The molecule has 0 heterocycles. The lowest BCUT2D eigenvalue weighted by atomic mass is 9.94. The maximum Gasteiger partial charge on any atom is 0.0626 e. The first-order chi connectivity index (χ1) is 6.60. The number of nitrogens with one attached hydrogen (secondary N) is 1. The second kappa shape index (κ2) is 4.58. The zero-order valence-corrected chi connectivity index (χ0v) is 9.39. The summed E-state index contributed by atoms with van der Waals surface area (Å²) in [5.74, 6) is 0. The molecule has 0 unspecified atom stereocenters. The molecule has 2 nitrogen and oxygen atoms in total. The molecule has 1 aromatic rings. The number of aryl methyl sites for hydroxylation is 3. The Kier molecular flexibility index (Phi) is 3.67. The van der Waals surface area contributed by atoms with E-state index in [2.05, 4.69) is 38.2 Å². The van der Waals surface area contributed by atoms with Crippen LogP contribution in [0.5, 0.6) is 0 Å². The largest absolute Gasteiger partial charge is 0.394 e. The summed E-state index contributed by atoms with van der Waals surface area (Å²) in [6, 6.07) is 4.36. The first-order valence-electron chi connectivity index (χ1n) is 4.96. The van der Waals surface area contributed by atoms with Crippen LogP contribution in [0.4, 0.5) is 0 Å². The summed E-state index contributed by atoms with van der Waals surface area (Å²) >= 11 is 0. The Labute approximate surface area is 86.0 Å². The van der Waals surface area contributed by atoms with E-state index in [1.165, 1.54) is 22.3 Å². The van der Waals surface area contributed by atoms with Gasteiger partial charge >= 0.3 is 0 Å². The molecular weight excluding hydrogens is 174 g/mol. The van der Waals surface area contributed by atoms with E-state index in [1.54, 1.807) is 0 Å². The van der Waals surface area contributed by atoms with E-state index in [-0.39, 0.29) is 12.6 Å². The number of aliphatic hydroxyl groups is 1. The number of hydrogen-bond acceptors (Lipinski definition) is 2. The molecule has 0 saturated carbocycles. The molecule has 0 aliphatic rings. The summed E-state index contributed by atoms with van der Waals surface area (Å²) in [7, 11) is 1.87. The second-order valence-electron chi connectivity index (χ2n) is 3.84. The predicted octanol–water partition coefficient (Wildman–Crippen LogP) is 1.86. The zero-order valence-electron chi connectivity index (χ0n) is 9.39. The molecule has 14 heavy (non-hydrogen) atoms. The zero-order chi connectivity index (χ0) is 10.7. The molecule has 1 rings (SSSR count). The molecule has 2 heteroatoms. The lowest BCUT2D eigenvalue weighted by Gasteiger charge is -2.19. The fourth-order valence-electron chi connectivity index (χ4n) is 2.07. The van der Waals surface area contributed by atoms with Crippen molar-refractivity contribution in [2.24, 2.45) is 0 Å². The van der Waals surface area contributed by atoms with Crippen molar-refractivity contribution < 1.29 is 5.11 Å². The highest BCUT2D eigenvalue weighted by molar-refractivity contribution is 5.39. The van der Waals surface area contributed by atoms with E-state index < -0.39 is 0 Å². The molecule has 0 aliphatic heterocycles. The highest BCUT2D eigenvalue weighted by atomic mass is 16.3. The number of aliphatic hydroxyl groups excluding tert-OH is 1. The van der Waals surface area contributed by atoms with Crippen molar-refractivity contribution in [1.82, 2.24) is 5.32 Å². The van der Waals surface area contributed by atoms with Gasteiger partial charge in [-0.15, -0.1) is 0 Å². The Hall–Kier alpha value is -0.860. The summed E-state index contributed by atoms with van der Waals surface area (Å²) in [4.78, 5) is 0. The minimum absolute atomic E-state index is 0.0515.